The van der Waals surface area contributed by atoms with E-state index in [4.69, 9.17) is 0 Å². The standard InChI is InChI=1S/C14H18N6O2/c1-19-6-4-16-13(19)14(22)17-8-10-7-12(21)20-5-2-3-15-9-11(20)18-10/h4,6-7,15H,2-3,5,8-9H2,1H3,(H,17,22). The number of rotatable bonds is 3. The van der Waals surface area contributed by atoms with E-state index in [1.54, 1.807) is 28.6 Å². The lowest BCUT2D eigenvalue weighted by atomic mass is 10.3. The third-order valence-electron chi connectivity index (χ3n) is 3.61. The summed E-state index contributed by atoms with van der Waals surface area (Å²) in [5.74, 6) is 0.752. The molecule has 0 aliphatic carbocycles. The number of aromatic nitrogens is 4. The van der Waals surface area contributed by atoms with Gasteiger partial charge in [-0.3, -0.25) is 14.2 Å². The molecular weight excluding hydrogens is 284 g/mol. The first-order chi connectivity index (χ1) is 10.6. The molecule has 0 saturated heterocycles. The quantitative estimate of drug-likeness (QED) is 0.789. The average molecular weight is 302 g/mol. The number of carbonyl (C=O) groups is 1. The maximum absolute atomic E-state index is 12.1. The van der Waals surface area contributed by atoms with Gasteiger partial charge in [0.15, 0.2) is 5.82 Å². The van der Waals surface area contributed by atoms with Crippen molar-refractivity contribution in [2.75, 3.05) is 6.54 Å². The molecule has 0 spiro atoms. The summed E-state index contributed by atoms with van der Waals surface area (Å²) >= 11 is 0. The predicted octanol–water partition coefficient (Wildman–Crippen LogP) is -0.600. The third-order valence-corrected chi connectivity index (χ3v) is 3.61. The van der Waals surface area contributed by atoms with Crippen molar-refractivity contribution in [3.05, 3.63) is 46.2 Å². The molecule has 3 heterocycles. The molecule has 0 radical (unpaired) electrons. The lowest BCUT2D eigenvalue weighted by Gasteiger charge is -2.10. The Hall–Kier alpha value is -2.48. The molecule has 1 amide bonds. The van der Waals surface area contributed by atoms with Crippen LogP contribution in [0.5, 0.6) is 0 Å². The van der Waals surface area contributed by atoms with E-state index in [1.165, 1.54) is 6.07 Å². The highest BCUT2D eigenvalue weighted by Gasteiger charge is 2.14. The molecule has 2 N–H and O–H groups in total. The van der Waals surface area contributed by atoms with Gasteiger partial charge in [-0.15, -0.1) is 0 Å². The first-order valence-corrected chi connectivity index (χ1v) is 7.21. The van der Waals surface area contributed by atoms with Crippen LogP contribution in [0.4, 0.5) is 0 Å². The van der Waals surface area contributed by atoms with Crippen LogP contribution in [0.2, 0.25) is 0 Å². The summed E-state index contributed by atoms with van der Waals surface area (Å²) in [6.07, 6.45) is 4.17. The van der Waals surface area contributed by atoms with Crippen molar-refractivity contribution in [2.45, 2.75) is 26.1 Å². The zero-order valence-corrected chi connectivity index (χ0v) is 12.4. The van der Waals surface area contributed by atoms with E-state index in [-0.39, 0.29) is 18.0 Å². The molecule has 2 aromatic rings. The van der Waals surface area contributed by atoms with E-state index in [0.29, 0.717) is 30.4 Å². The van der Waals surface area contributed by atoms with Gasteiger partial charge in [-0.2, -0.15) is 0 Å². The van der Waals surface area contributed by atoms with E-state index in [9.17, 15) is 9.59 Å². The van der Waals surface area contributed by atoms with Crippen molar-refractivity contribution in [3.8, 4) is 0 Å². The first-order valence-electron chi connectivity index (χ1n) is 7.21. The predicted molar refractivity (Wildman–Crippen MR) is 79.2 cm³/mol. The van der Waals surface area contributed by atoms with Crippen LogP contribution in [0.3, 0.4) is 0 Å². The molecule has 22 heavy (non-hydrogen) atoms. The molecular formula is C14H18N6O2. The maximum atomic E-state index is 12.1. The molecule has 3 rings (SSSR count). The summed E-state index contributed by atoms with van der Waals surface area (Å²) in [6.45, 7) is 2.31. The second-order valence-corrected chi connectivity index (χ2v) is 5.23. The summed E-state index contributed by atoms with van der Waals surface area (Å²) in [7, 11) is 1.75. The lowest BCUT2D eigenvalue weighted by Crippen LogP contribution is -2.30. The number of nitrogens with one attached hydrogen (secondary N) is 2. The number of hydrogen-bond donors (Lipinski definition) is 2. The number of fused-ring (bicyclic) bond motifs is 1. The normalized spacial score (nSPS) is 14.2. The lowest BCUT2D eigenvalue weighted by molar-refractivity contribution is 0.0937. The summed E-state index contributed by atoms with van der Waals surface area (Å²) in [6, 6.07) is 1.48. The van der Waals surface area contributed by atoms with Gasteiger partial charge in [0, 0.05) is 32.1 Å². The van der Waals surface area contributed by atoms with Crippen molar-refractivity contribution < 1.29 is 4.79 Å². The van der Waals surface area contributed by atoms with Crippen LogP contribution < -0.4 is 16.2 Å². The van der Waals surface area contributed by atoms with Crippen LogP contribution in [0.1, 0.15) is 28.6 Å². The number of aryl methyl sites for hydroxylation is 1. The minimum Gasteiger partial charge on any atom is -0.344 e. The molecule has 1 aliphatic heterocycles. The summed E-state index contributed by atoms with van der Waals surface area (Å²) in [5, 5.41) is 5.97. The van der Waals surface area contributed by atoms with Gasteiger partial charge in [0.05, 0.1) is 18.8 Å². The Balaban J connectivity index is 1.75. The van der Waals surface area contributed by atoms with Crippen LogP contribution in [0.25, 0.3) is 0 Å². The van der Waals surface area contributed by atoms with Gasteiger partial charge in [0.25, 0.3) is 11.5 Å². The van der Waals surface area contributed by atoms with Crippen LogP contribution >= 0.6 is 0 Å². The topological polar surface area (TPSA) is 93.8 Å². The monoisotopic (exact) mass is 302 g/mol. The second kappa shape index (κ2) is 6.10. The molecule has 116 valence electrons. The van der Waals surface area contributed by atoms with Crippen LogP contribution in [0, 0.1) is 0 Å². The fraction of sp³-hybridized carbons (Fsp3) is 0.429. The number of imidazole rings is 1. The number of nitrogens with zero attached hydrogens (tertiary/aromatic N) is 4. The highest BCUT2D eigenvalue weighted by atomic mass is 16.2. The SMILES string of the molecule is Cn1ccnc1C(=O)NCc1cc(=O)n2c(n1)CNCCC2. The van der Waals surface area contributed by atoms with E-state index in [0.717, 1.165) is 13.0 Å². The van der Waals surface area contributed by atoms with Gasteiger partial charge < -0.3 is 15.2 Å². The summed E-state index contributed by atoms with van der Waals surface area (Å²) < 4.78 is 3.32. The number of carbonyl (C=O) groups excluding carboxylic acids is 1. The third kappa shape index (κ3) is 2.91. The average Bonchev–Trinajstić information content (AvgIpc) is 2.78. The molecule has 0 saturated carbocycles. The minimum atomic E-state index is -0.289. The zero-order valence-electron chi connectivity index (χ0n) is 12.4. The molecule has 1 aliphatic rings. The summed E-state index contributed by atoms with van der Waals surface area (Å²) in [4.78, 5) is 32.6. The van der Waals surface area contributed by atoms with Crippen LogP contribution in [-0.4, -0.2) is 31.6 Å². The Bertz CT molecular complexity index is 748. The highest BCUT2D eigenvalue weighted by Crippen LogP contribution is 2.02. The van der Waals surface area contributed by atoms with Gasteiger partial charge in [0.2, 0.25) is 0 Å². The van der Waals surface area contributed by atoms with Crippen molar-refractivity contribution in [2.24, 2.45) is 7.05 Å². The Morgan fingerprint density at radius 1 is 1.50 bits per heavy atom. The summed E-state index contributed by atoms with van der Waals surface area (Å²) in [5.41, 5.74) is 0.484. The van der Waals surface area contributed by atoms with Gasteiger partial charge in [-0.25, -0.2) is 9.97 Å². The Kier molecular flexibility index (Phi) is 4.01. The van der Waals surface area contributed by atoms with Crippen molar-refractivity contribution in [1.82, 2.24) is 29.7 Å². The Labute approximate surface area is 127 Å². The molecule has 0 atom stereocenters. The Morgan fingerprint density at radius 3 is 3.14 bits per heavy atom. The van der Waals surface area contributed by atoms with E-state index >= 15 is 0 Å². The van der Waals surface area contributed by atoms with Gasteiger partial charge >= 0.3 is 0 Å². The van der Waals surface area contributed by atoms with E-state index < -0.39 is 0 Å². The fourth-order valence-electron chi connectivity index (χ4n) is 2.47. The first kappa shape index (κ1) is 14.5. The molecule has 0 aromatic carbocycles. The van der Waals surface area contributed by atoms with Gasteiger partial charge in [-0.1, -0.05) is 0 Å². The molecule has 0 unspecified atom stereocenters. The highest BCUT2D eigenvalue weighted by molar-refractivity contribution is 5.90. The minimum absolute atomic E-state index is 0.0741. The van der Waals surface area contributed by atoms with Crippen LogP contribution in [-0.2, 0) is 26.7 Å². The van der Waals surface area contributed by atoms with E-state index in [1.807, 2.05) is 0 Å². The van der Waals surface area contributed by atoms with E-state index in [2.05, 4.69) is 20.6 Å². The molecule has 0 fully saturated rings. The van der Waals surface area contributed by atoms with Crippen molar-refractivity contribution in [1.29, 1.82) is 0 Å². The largest absolute Gasteiger partial charge is 0.344 e. The molecule has 8 nitrogen and oxygen atoms in total. The van der Waals surface area contributed by atoms with Crippen molar-refractivity contribution >= 4 is 5.91 Å². The number of amides is 1. The molecule has 2 aromatic heterocycles. The second-order valence-electron chi connectivity index (χ2n) is 5.23. The van der Waals surface area contributed by atoms with Gasteiger partial charge in [0.1, 0.15) is 5.82 Å². The van der Waals surface area contributed by atoms with Crippen molar-refractivity contribution in [3.63, 3.8) is 0 Å². The maximum Gasteiger partial charge on any atom is 0.287 e. The fourth-order valence-corrected chi connectivity index (χ4v) is 2.47. The molecule has 8 heteroatoms. The Morgan fingerprint density at radius 2 is 2.36 bits per heavy atom. The number of hydrogen-bond acceptors (Lipinski definition) is 5. The smallest absolute Gasteiger partial charge is 0.287 e. The molecule has 0 bridgehead atoms. The zero-order chi connectivity index (χ0) is 15.5. The van der Waals surface area contributed by atoms with Crippen LogP contribution in [0.15, 0.2) is 23.3 Å². The van der Waals surface area contributed by atoms with Gasteiger partial charge in [-0.05, 0) is 13.0 Å².